The Balaban J connectivity index is -0.00000264. The van der Waals surface area contributed by atoms with Gasteiger partial charge in [0.15, 0.2) is 0 Å². The molecule has 0 heterocycles. The van der Waals surface area contributed by atoms with Crippen LogP contribution in [0.1, 0.15) is 142 Å². The van der Waals surface area contributed by atoms with E-state index in [1.165, 1.54) is 128 Å². The van der Waals surface area contributed by atoms with Crippen LogP contribution in [0.25, 0.3) is 0 Å². The predicted octanol–water partition coefficient (Wildman–Crippen LogP) is 6.28. The summed E-state index contributed by atoms with van der Waals surface area (Å²) in [5.41, 5.74) is 0. The van der Waals surface area contributed by atoms with Crippen LogP contribution in [0.2, 0.25) is 0 Å². The van der Waals surface area contributed by atoms with Gasteiger partial charge in [-0.05, 0) is 0 Å². The maximum absolute atomic E-state index is 4.37. The van der Waals surface area contributed by atoms with E-state index in [0.717, 1.165) is 5.92 Å². The molecule has 0 N–H and O–H groups in total. The largest absolute Gasteiger partial charge is 2.00 e. The van der Waals surface area contributed by atoms with Crippen LogP contribution in [0.15, 0.2) is 0 Å². The minimum atomic E-state index is 0. The molecule has 0 nitrogen and oxygen atoms in total. The summed E-state index contributed by atoms with van der Waals surface area (Å²) in [6, 6.07) is 0. The van der Waals surface area contributed by atoms with Gasteiger partial charge in [-0.2, -0.15) is 5.92 Å². The fourth-order valence-electron chi connectivity index (χ4n) is 3.63. The molecule has 0 radical (unpaired) electrons. The maximum atomic E-state index is 4.37. The summed E-state index contributed by atoms with van der Waals surface area (Å²) in [6.45, 7) is 8.96. The molecule has 0 amide bonds. The number of halogens is 1. The zero-order valence-electron chi connectivity index (χ0n) is 18.5. The minimum absolute atomic E-state index is 0. The fraction of sp³-hybridized carbons (Fsp3) is 0.958. The van der Waals surface area contributed by atoms with Crippen LogP contribution in [0.4, 0.5) is 0 Å². The Labute approximate surface area is 191 Å². The standard InChI is InChI=1S/C24H49.BrH.Zn/c1-4-6-8-10-12-14-15-17-19-21-23-24(3)22-20-18-16-13-11-9-7-5-2;;/h24H,3-23H2,1-2H3;1H;/q-1;;+2/p-1. The van der Waals surface area contributed by atoms with E-state index in [1.807, 2.05) is 0 Å². The van der Waals surface area contributed by atoms with Gasteiger partial charge >= 0.3 is 19.5 Å². The van der Waals surface area contributed by atoms with E-state index >= 15 is 0 Å². The van der Waals surface area contributed by atoms with Gasteiger partial charge in [0.2, 0.25) is 0 Å². The molecule has 0 rings (SSSR count). The zero-order chi connectivity index (χ0) is 17.7. The summed E-state index contributed by atoms with van der Waals surface area (Å²) in [5, 5.41) is 0. The summed E-state index contributed by atoms with van der Waals surface area (Å²) < 4.78 is 0. The second-order valence-corrected chi connectivity index (χ2v) is 8.10. The van der Waals surface area contributed by atoms with E-state index in [2.05, 4.69) is 20.8 Å². The van der Waals surface area contributed by atoms with Crippen LogP contribution in [0, 0.1) is 12.8 Å². The van der Waals surface area contributed by atoms with E-state index in [1.54, 1.807) is 0 Å². The average Bonchev–Trinajstić information content (AvgIpc) is 2.59. The average molecular weight is 483 g/mol. The number of hydrogen-bond donors (Lipinski definition) is 0. The molecule has 0 aromatic rings. The van der Waals surface area contributed by atoms with E-state index in [9.17, 15) is 0 Å². The van der Waals surface area contributed by atoms with Gasteiger partial charge in [0.1, 0.15) is 0 Å². The van der Waals surface area contributed by atoms with E-state index in [0.29, 0.717) is 0 Å². The monoisotopic (exact) mass is 480 g/mol. The molecular formula is C24H49BrZn. The van der Waals surface area contributed by atoms with Crippen molar-refractivity contribution in [2.45, 2.75) is 142 Å². The molecule has 154 valence electrons. The van der Waals surface area contributed by atoms with Crippen molar-refractivity contribution >= 4 is 0 Å². The molecule has 1 unspecified atom stereocenters. The maximum Gasteiger partial charge on any atom is 2.00 e. The smallest absolute Gasteiger partial charge is 1.00 e. The van der Waals surface area contributed by atoms with Gasteiger partial charge in [-0.1, -0.05) is 142 Å². The molecule has 0 aliphatic heterocycles. The van der Waals surface area contributed by atoms with Crippen LogP contribution in [0.5, 0.6) is 0 Å². The third kappa shape index (κ3) is 27.3. The van der Waals surface area contributed by atoms with Crippen LogP contribution in [0.3, 0.4) is 0 Å². The molecule has 2 heteroatoms. The van der Waals surface area contributed by atoms with Crippen molar-refractivity contribution in [2.75, 3.05) is 0 Å². The second kappa shape index (κ2) is 28.3. The van der Waals surface area contributed by atoms with Crippen molar-refractivity contribution in [3.63, 3.8) is 0 Å². The van der Waals surface area contributed by atoms with E-state index in [-0.39, 0.29) is 36.5 Å². The molecule has 0 aromatic carbocycles. The van der Waals surface area contributed by atoms with Gasteiger partial charge in [0.05, 0.1) is 0 Å². The number of hydrogen-bond acceptors (Lipinski definition) is 0. The molecule has 0 spiro atoms. The predicted molar refractivity (Wildman–Crippen MR) is 113 cm³/mol. The van der Waals surface area contributed by atoms with Crippen LogP contribution in [-0.4, -0.2) is 0 Å². The minimum Gasteiger partial charge on any atom is -1.00 e. The van der Waals surface area contributed by atoms with Crippen molar-refractivity contribution in [1.29, 1.82) is 0 Å². The Morgan fingerprint density at radius 1 is 0.462 bits per heavy atom. The van der Waals surface area contributed by atoms with Crippen molar-refractivity contribution < 1.29 is 36.5 Å². The summed E-state index contributed by atoms with van der Waals surface area (Å²) in [6.07, 6.45) is 28.6. The Morgan fingerprint density at radius 3 is 0.962 bits per heavy atom. The molecular weight excluding hydrogens is 434 g/mol. The van der Waals surface area contributed by atoms with Gasteiger partial charge in [-0.3, -0.25) is 0 Å². The van der Waals surface area contributed by atoms with Crippen molar-refractivity contribution in [3.05, 3.63) is 6.92 Å². The first-order chi connectivity index (χ1) is 11.8. The summed E-state index contributed by atoms with van der Waals surface area (Å²) >= 11 is 0. The molecule has 0 saturated carbocycles. The first-order valence-electron chi connectivity index (χ1n) is 11.6. The fourth-order valence-corrected chi connectivity index (χ4v) is 3.63. The Hall–Kier alpha value is 1.10. The van der Waals surface area contributed by atoms with Crippen LogP contribution >= 0.6 is 0 Å². The third-order valence-electron chi connectivity index (χ3n) is 5.43. The van der Waals surface area contributed by atoms with Crippen molar-refractivity contribution in [2.24, 2.45) is 5.92 Å². The summed E-state index contributed by atoms with van der Waals surface area (Å²) in [4.78, 5) is 0. The Bertz CT molecular complexity index is 220. The van der Waals surface area contributed by atoms with Crippen LogP contribution < -0.4 is 17.0 Å². The molecule has 0 aromatic heterocycles. The van der Waals surface area contributed by atoms with Crippen LogP contribution in [-0.2, 0) is 19.5 Å². The number of rotatable bonds is 20. The topological polar surface area (TPSA) is 0 Å². The summed E-state index contributed by atoms with van der Waals surface area (Å²) in [7, 11) is 0. The van der Waals surface area contributed by atoms with E-state index < -0.39 is 0 Å². The third-order valence-corrected chi connectivity index (χ3v) is 5.43. The normalized spacial score (nSPS) is 11.7. The van der Waals surface area contributed by atoms with Gasteiger partial charge in [-0.15, -0.1) is 0 Å². The van der Waals surface area contributed by atoms with Gasteiger partial charge in [0.25, 0.3) is 0 Å². The van der Waals surface area contributed by atoms with Gasteiger partial charge in [0, 0.05) is 0 Å². The zero-order valence-corrected chi connectivity index (χ0v) is 23.1. The van der Waals surface area contributed by atoms with Crippen molar-refractivity contribution in [1.82, 2.24) is 0 Å². The molecule has 26 heavy (non-hydrogen) atoms. The molecule has 0 saturated heterocycles. The summed E-state index contributed by atoms with van der Waals surface area (Å²) in [5.74, 6) is 0.721. The second-order valence-electron chi connectivity index (χ2n) is 8.10. The molecule has 0 fully saturated rings. The molecule has 1 atom stereocenters. The molecule has 0 bridgehead atoms. The van der Waals surface area contributed by atoms with Gasteiger partial charge in [-0.25, -0.2) is 0 Å². The molecule has 0 aliphatic rings. The quantitative estimate of drug-likeness (QED) is 0.109. The SMILES string of the molecule is [Br-].[CH2-]C(CCCCCCCCCC)CCCCCCCCCCCC.[Zn+2]. The number of unbranched alkanes of at least 4 members (excludes halogenated alkanes) is 16. The Morgan fingerprint density at radius 2 is 0.692 bits per heavy atom. The van der Waals surface area contributed by atoms with Crippen molar-refractivity contribution in [3.8, 4) is 0 Å². The first-order valence-corrected chi connectivity index (χ1v) is 11.6. The molecule has 0 aliphatic carbocycles. The van der Waals surface area contributed by atoms with E-state index in [4.69, 9.17) is 0 Å². The Kier molecular flexibility index (Phi) is 34.6. The first kappa shape index (κ1) is 31.8. The van der Waals surface area contributed by atoms with Gasteiger partial charge < -0.3 is 23.9 Å².